The minimum Gasteiger partial charge on any atom is -0.482 e. The molecule has 1 N–H and O–H groups in total. The summed E-state index contributed by atoms with van der Waals surface area (Å²) in [6.45, 7) is 1.49. The number of non-ortho nitro benzene ring substituents is 1. The van der Waals surface area contributed by atoms with Crippen molar-refractivity contribution < 1.29 is 19.2 Å². The summed E-state index contributed by atoms with van der Waals surface area (Å²) in [7, 11) is 1.48. The van der Waals surface area contributed by atoms with Crippen LogP contribution in [0.25, 0.3) is 0 Å². The molecule has 2 amide bonds. The third-order valence-corrected chi connectivity index (χ3v) is 4.25. The molecule has 0 heterocycles. The maximum Gasteiger partial charge on any atom is 0.271 e. The second kappa shape index (κ2) is 9.70. The lowest BCUT2D eigenvalue weighted by Crippen LogP contribution is -2.37. The molecule has 0 fully saturated rings. The van der Waals surface area contributed by atoms with E-state index in [1.165, 1.54) is 24.1 Å². The van der Waals surface area contributed by atoms with Gasteiger partial charge in [0.25, 0.3) is 11.6 Å². The van der Waals surface area contributed by atoms with Gasteiger partial charge < -0.3 is 15.0 Å². The Morgan fingerprint density at radius 3 is 2.61 bits per heavy atom. The van der Waals surface area contributed by atoms with E-state index < -0.39 is 10.8 Å². The van der Waals surface area contributed by atoms with Crippen LogP contribution in [0.5, 0.6) is 5.75 Å². The SMILES string of the molecule is CCc1ccccc1NC(=O)CN(C)C(=O)COc1ccc([N+](=O)[O-])cc1Cl. The fourth-order valence-electron chi connectivity index (χ4n) is 2.41. The number of ether oxygens (including phenoxy) is 1. The molecule has 2 rings (SSSR count). The molecule has 2 aromatic rings. The van der Waals surface area contributed by atoms with Crippen LogP contribution >= 0.6 is 11.6 Å². The van der Waals surface area contributed by atoms with Crippen molar-refractivity contribution in [1.29, 1.82) is 0 Å². The normalized spacial score (nSPS) is 10.2. The second-order valence-corrected chi connectivity index (χ2v) is 6.38. The summed E-state index contributed by atoms with van der Waals surface area (Å²) in [5.41, 5.74) is 1.54. The van der Waals surface area contributed by atoms with E-state index in [4.69, 9.17) is 16.3 Å². The first-order valence-corrected chi connectivity index (χ1v) is 8.88. The highest BCUT2D eigenvalue weighted by atomic mass is 35.5. The number of hydrogen-bond donors (Lipinski definition) is 1. The number of benzene rings is 2. The molecule has 2 aromatic carbocycles. The average molecular weight is 406 g/mol. The van der Waals surface area contributed by atoms with Gasteiger partial charge in [0.1, 0.15) is 5.75 Å². The molecular formula is C19H20ClN3O5. The number of nitro benzene ring substituents is 1. The van der Waals surface area contributed by atoms with Crippen LogP contribution in [0.15, 0.2) is 42.5 Å². The number of nitrogens with zero attached hydrogens (tertiary/aromatic N) is 2. The standard InChI is InChI=1S/C19H20ClN3O5/c1-3-13-6-4-5-7-16(13)21-18(24)11-22(2)19(25)12-28-17-9-8-14(23(26)27)10-15(17)20/h4-10H,3,11-12H2,1-2H3,(H,21,24). The van der Waals surface area contributed by atoms with Crippen molar-refractivity contribution in [3.63, 3.8) is 0 Å². The first-order chi connectivity index (χ1) is 13.3. The van der Waals surface area contributed by atoms with Crippen molar-refractivity contribution in [2.24, 2.45) is 0 Å². The molecule has 0 aromatic heterocycles. The van der Waals surface area contributed by atoms with Crippen LogP contribution in [-0.4, -0.2) is 41.8 Å². The summed E-state index contributed by atoms with van der Waals surface area (Å²) in [6, 6.07) is 11.1. The quantitative estimate of drug-likeness (QED) is 0.536. The van der Waals surface area contributed by atoms with Gasteiger partial charge in [0.05, 0.1) is 16.5 Å². The van der Waals surface area contributed by atoms with Gasteiger partial charge in [0.2, 0.25) is 5.91 Å². The van der Waals surface area contributed by atoms with E-state index in [2.05, 4.69) is 5.32 Å². The predicted molar refractivity (Wildman–Crippen MR) is 106 cm³/mol. The molecule has 28 heavy (non-hydrogen) atoms. The van der Waals surface area contributed by atoms with Crippen molar-refractivity contribution in [2.75, 3.05) is 25.5 Å². The van der Waals surface area contributed by atoms with Crippen molar-refractivity contribution in [3.05, 3.63) is 63.2 Å². The number of halogens is 1. The van der Waals surface area contributed by atoms with Crippen molar-refractivity contribution >= 4 is 34.8 Å². The van der Waals surface area contributed by atoms with E-state index in [0.29, 0.717) is 5.69 Å². The van der Waals surface area contributed by atoms with Crippen molar-refractivity contribution in [2.45, 2.75) is 13.3 Å². The van der Waals surface area contributed by atoms with Gasteiger partial charge in [-0.15, -0.1) is 0 Å². The summed E-state index contributed by atoms with van der Waals surface area (Å²) in [4.78, 5) is 35.7. The van der Waals surface area contributed by atoms with Crippen LogP contribution in [0.1, 0.15) is 12.5 Å². The molecular weight excluding hydrogens is 386 g/mol. The number of carbonyl (C=O) groups is 2. The molecule has 8 nitrogen and oxygen atoms in total. The van der Waals surface area contributed by atoms with E-state index in [-0.39, 0.29) is 35.5 Å². The van der Waals surface area contributed by atoms with E-state index in [0.717, 1.165) is 18.1 Å². The number of likely N-dealkylation sites (N-methyl/N-ethyl adjacent to an activating group) is 1. The number of amides is 2. The highest BCUT2D eigenvalue weighted by Crippen LogP contribution is 2.28. The number of para-hydroxylation sites is 1. The Hall–Kier alpha value is -3.13. The van der Waals surface area contributed by atoms with Gasteiger partial charge in [0.15, 0.2) is 6.61 Å². The molecule has 0 bridgehead atoms. The third-order valence-electron chi connectivity index (χ3n) is 3.96. The maximum absolute atomic E-state index is 12.2. The number of rotatable bonds is 8. The van der Waals surface area contributed by atoms with Crippen LogP contribution in [0, 0.1) is 10.1 Å². The van der Waals surface area contributed by atoms with Gasteiger partial charge in [-0.05, 0) is 24.1 Å². The van der Waals surface area contributed by atoms with Crippen molar-refractivity contribution in [1.82, 2.24) is 4.90 Å². The maximum atomic E-state index is 12.2. The fraction of sp³-hybridized carbons (Fsp3) is 0.263. The molecule has 0 unspecified atom stereocenters. The topological polar surface area (TPSA) is 102 Å². The smallest absolute Gasteiger partial charge is 0.271 e. The van der Waals surface area contributed by atoms with E-state index >= 15 is 0 Å². The summed E-state index contributed by atoms with van der Waals surface area (Å²) >= 11 is 5.92. The number of hydrogen-bond acceptors (Lipinski definition) is 5. The molecule has 0 aliphatic rings. The highest BCUT2D eigenvalue weighted by Gasteiger charge is 2.16. The average Bonchev–Trinajstić information content (AvgIpc) is 2.66. The van der Waals surface area contributed by atoms with Gasteiger partial charge in [0, 0.05) is 24.9 Å². The Kier molecular flexibility index (Phi) is 7.34. The first kappa shape index (κ1) is 21.2. The Morgan fingerprint density at radius 2 is 1.96 bits per heavy atom. The summed E-state index contributed by atoms with van der Waals surface area (Å²) < 4.78 is 5.31. The number of nitro groups is 1. The second-order valence-electron chi connectivity index (χ2n) is 5.97. The molecule has 0 aliphatic carbocycles. The van der Waals surface area contributed by atoms with Crippen LogP contribution in [0.2, 0.25) is 5.02 Å². The molecule has 148 valence electrons. The molecule has 0 spiro atoms. The summed E-state index contributed by atoms with van der Waals surface area (Å²) in [6.07, 6.45) is 0.773. The zero-order valence-electron chi connectivity index (χ0n) is 15.5. The van der Waals surface area contributed by atoms with Crippen LogP contribution in [0.3, 0.4) is 0 Å². The first-order valence-electron chi connectivity index (χ1n) is 8.50. The van der Waals surface area contributed by atoms with E-state index in [1.807, 2.05) is 25.1 Å². The zero-order valence-corrected chi connectivity index (χ0v) is 16.2. The number of nitrogens with one attached hydrogen (secondary N) is 1. The lowest BCUT2D eigenvalue weighted by molar-refractivity contribution is -0.384. The number of anilines is 1. The van der Waals surface area contributed by atoms with Crippen LogP contribution < -0.4 is 10.1 Å². The van der Waals surface area contributed by atoms with Crippen molar-refractivity contribution in [3.8, 4) is 5.75 Å². The van der Waals surface area contributed by atoms with Crippen LogP contribution in [0.4, 0.5) is 11.4 Å². The van der Waals surface area contributed by atoms with Gasteiger partial charge in [-0.1, -0.05) is 36.7 Å². The molecule has 0 saturated carbocycles. The van der Waals surface area contributed by atoms with Gasteiger partial charge in [-0.2, -0.15) is 0 Å². The zero-order chi connectivity index (χ0) is 20.7. The third kappa shape index (κ3) is 5.68. The fourth-order valence-corrected chi connectivity index (χ4v) is 2.64. The molecule has 0 saturated heterocycles. The Labute approximate surface area is 167 Å². The van der Waals surface area contributed by atoms with Crippen LogP contribution in [-0.2, 0) is 16.0 Å². The Balaban J connectivity index is 1.89. The number of aryl methyl sites for hydroxylation is 1. The lowest BCUT2D eigenvalue weighted by Gasteiger charge is -2.18. The van der Waals surface area contributed by atoms with E-state index in [1.54, 1.807) is 6.07 Å². The monoisotopic (exact) mass is 405 g/mol. The van der Waals surface area contributed by atoms with Gasteiger partial charge >= 0.3 is 0 Å². The largest absolute Gasteiger partial charge is 0.482 e. The number of carbonyl (C=O) groups excluding carboxylic acids is 2. The minimum atomic E-state index is -0.579. The van der Waals surface area contributed by atoms with Gasteiger partial charge in [-0.25, -0.2) is 0 Å². The summed E-state index contributed by atoms with van der Waals surface area (Å²) in [5, 5.41) is 13.5. The molecule has 0 atom stereocenters. The lowest BCUT2D eigenvalue weighted by atomic mass is 10.1. The highest BCUT2D eigenvalue weighted by molar-refractivity contribution is 6.32. The Bertz CT molecular complexity index is 888. The molecule has 9 heteroatoms. The van der Waals surface area contributed by atoms with Gasteiger partial charge in [-0.3, -0.25) is 19.7 Å². The minimum absolute atomic E-state index is 0.0265. The molecule has 0 radical (unpaired) electrons. The summed E-state index contributed by atoms with van der Waals surface area (Å²) in [5.74, 6) is -0.617. The molecule has 0 aliphatic heterocycles. The Morgan fingerprint density at radius 1 is 1.25 bits per heavy atom. The van der Waals surface area contributed by atoms with E-state index in [9.17, 15) is 19.7 Å². The predicted octanol–water partition coefficient (Wildman–Crippen LogP) is 3.29.